The molecular formula is C13H16Cl2N4O. The van der Waals surface area contributed by atoms with Crippen LogP contribution in [0.1, 0.15) is 0 Å². The molecule has 0 spiro atoms. The van der Waals surface area contributed by atoms with Gasteiger partial charge in [0.25, 0.3) is 0 Å². The summed E-state index contributed by atoms with van der Waals surface area (Å²) in [6.45, 7) is 0. The Kier molecular flexibility index (Phi) is 7.43. The maximum absolute atomic E-state index is 5.35. The second-order valence-corrected chi connectivity index (χ2v) is 3.67. The highest BCUT2D eigenvalue weighted by Gasteiger charge is 2.02. The van der Waals surface area contributed by atoms with Crippen molar-refractivity contribution in [3.63, 3.8) is 0 Å². The largest absolute Gasteiger partial charge is 0.497 e. The fourth-order valence-corrected chi connectivity index (χ4v) is 1.58. The summed E-state index contributed by atoms with van der Waals surface area (Å²) >= 11 is 0. The SMILES string of the molecule is COc1ccnc(-c2cccc(N=C(N)N)c2)c1.Cl.Cl. The van der Waals surface area contributed by atoms with Gasteiger partial charge in [-0.1, -0.05) is 12.1 Å². The number of hydrogen-bond donors (Lipinski definition) is 2. The highest BCUT2D eigenvalue weighted by molar-refractivity contribution is 5.85. The minimum Gasteiger partial charge on any atom is -0.497 e. The van der Waals surface area contributed by atoms with Gasteiger partial charge in [0.15, 0.2) is 5.96 Å². The molecule has 20 heavy (non-hydrogen) atoms. The second kappa shape index (κ2) is 8.24. The van der Waals surface area contributed by atoms with Crippen LogP contribution in [-0.4, -0.2) is 18.1 Å². The van der Waals surface area contributed by atoms with Crippen LogP contribution in [-0.2, 0) is 0 Å². The van der Waals surface area contributed by atoms with Crippen molar-refractivity contribution in [2.24, 2.45) is 16.5 Å². The quantitative estimate of drug-likeness (QED) is 0.673. The maximum atomic E-state index is 5.35. The van der Waals surface area contributed by atoms with E-state index in [-0.39, 0.29) is 30.8 Å². The first kappa shape index (κ1) is 18.0. The van der Waals surface area contributed by atoms with E-state index in [1.807, 2.05) is 30.3 Å². The maximum Gasteiger partial charge on any atom is 0.191 e. The van der Waals surface area contributed by atoms with Crippen LogP contribution >= 0.6 is 24.8 Å². The molecule has 2 aromatic rings. The number of pyridine rings is 1. The molecule has 0 aliphatic carbocycles. The predicted molar refractivity (Wildman–Crippen MR) is 86.2 cm³/mol. The number of aliphatic imine (C=N–C) groups is 1. The first-order chi connectivity index (χ1) is 8.69. The zero-order chi connectivity index (χ0) is 13.0. The van der Waals surface area contributed by atoms with E-state index in [2.05, 4.69) is 9.98 Å². The number of nitrogens with two attached hydrogens (primary N) is 2. The molecule has 1 aromatic carbocycles. The standard InChI is InChI=1S/C13H14N4O.2ClH/c1-18-11-5-6-16-12(8-11)9-3-2-4-10(7-9)17-13(14)15;;/h2-8H,1H3,(H4,14,15,17);2*1H. The third-order valence-electron chi connectivity index (χ3n) is 2.37. The van der Waals surface area contributed by atoms with Crippen molar-refractivity contribution in [1.82, 2.24) is 4.98 Å². The van der Waals surface area contributed by atoms with Gasteiger partial charge in [-0.2, -0.15) is 0 Å². The van der Waals surface area contributed by atoms with Gasteiger partial charge < -0.3 is 16.2 Å². The Morgan fingerprint density at radius 2 is 1.90 bits per heavy atom. The summed E-state index contributed by atoms with van der Waals surface area (Å²) in [4.78, 5) is 8.29. The number of ether oxygens (including phenoxy) is 1. The van der Waals surface area contributed by atoms with Crippen LogP contribution in [0, 0.1) is 0 Å². The van der Waals surface area contributed by atoms with Crippen LogP contribution in [0.2, 0.25) is 0 Å². The first-order valence-electron chi connectivity index (χ1n) is 5.39. The van der Waals surface area contributed by atoms with Gasteiger partial charge in [-0.05, 0) is 18.2 Å². The number of nitrogens with zero attached hydrogens (tertiary/aromatic N) is 2. The van der Waals surface area contributed by atoms with Gasteiger partial charge in [-0.3, -0.25) is 4.98 Å². The number of rotatable bonds is 3. The van der Waals surface area contributed by atoms with E-state index in [0.29, 0.717) is 5.69 Å². The molecule has 5 nitrogen and oxygen atoms in total. The molecule has 4 N–H and O–H groups in total. The fourth-order valence-electron chi connectivity index (χ4n) is 1.58. The fraction of sp³-hybridized carbons (Fsp3) is 0.0769. The number of methoxy groups -OCH3 is 1. The molecule has 0 fully saturated rings. The molecule has 1 aromatic heterocycles. The van der Waals surface area contributed by atoms with Crippen molar-refractivity contribution in [2.45, 2.75) is 0 Å². The minimum absolute atomic E-state index is 0. The summed E-state index contributed by atoms with van der Waals surface area (Å²) in [7, 11) is 1.62. The second-order valence-electron chi connectivity index (χ2n) is 3.67. The highest BCUT2D eigenvalue weighted by Crippen LogP contribution is 2.24. The van der Waals surface area contributed by atoms with Crippen LogP contribution in [0.3, 0.4) is 0 Å². The molecule has 0 bridgehead atoms. The number of aromatic nitrogens is 1. The normalized spacial score (nSPS) is 8.85. The average Bonchev–Trinajstić information content (AvgIpc) is 2.38. The summed E-state index contributed by atoms with van der Waals surface area (Å²) in [6.07, 6.45) is 1.70. The van der Waals surface area contributed by atoms with Crippen LogP contribution < -0.4 is 16.2 Å². The van der Waals surface area contributed by atoms with Crippen molar-refractivity contribution >= 4 is 36.5 Å². The molecule has 0 saturated heterocycles. The van der Waals surface area contributed by atoms with Gasteiger partial charge >= 0.3 is 0 Å². The lowest BCUT2D eigenvalue weighted by atomic mass is 10.1. The molecule has 108 valence electrons. The molecule has 0 aliphatic rings. The van der Waals surface area contributed by atoms with Gasteiger partial charge in [0, 0.05) is 17.8 Å². The number of halogens is 2. The van der Waals surface area contributed by atoms with Gasteiger partial charge in [0.05, 0.1) is 18.5 Å². The number of hydrogen-bond acceptors (Lipinski definition) is 3. The topological polar surface area (TPSA) is 86.5 Å². The molecule has 2 rings (SSSR count). The molecule has 0 saturated carbocycles. The molecule has 0 atom stereocenters. The first-order valence-corrected chi connectivity index (χ1v) is 5.39. The Balaban J connectivity index is 0.00000180. The van der Waals surface area contributed by atoms with Crippen molar-refractivity contribution in [1.29, 1.82) is 0 Å². The smallest absolute Gasteiger partial charge is 0.191 e. The molecule has 0 radical (unpaired) electrons. The summed E-state index contributed by atoms with van der Waals surface area (Å²) < 4.78 is 5.16. The van der Waals surface area contributed by atoms with Gasteiger partial charge in [-0.15, -0.1) is 24.8 Å². The van der Waals surface area contributed by atoms with Gasteiger partial charge in [-0.25, -0.2) is 4.99 Å². The summed E-state index contributed by atoms with van der Waals surface area (Å²) in [5.41, 5.74) is 13.1. The van der Waals surface area contributed by atoms with Crippen molar-refractivity contribution in [2.75, 3.05) is 7.11 Å². The Labute approximate surface area is 129 Å². The average molecular weight is 315 g/mol. The number of guanidine groups is 1. The van der Waals surface area contributed by atoms with E-state index < -0.39 is 0 Å². The van der Waals surface area contributed by atoms with E-state index in [4.69, 9.17) is 16.2 Å². The monoisotopic (exact) mass is 314 g/mol. The van der Waals surface area contributed by atoms with E-state index >= 15 is 0 Å². The molecule has 7 heteroatoms. The Bertz CT molecular complexity index is 586. The van der Waals surface area contributed by atoms with Crippen molar-refractivity contribution in [3.05, 3.63) is 42.6 Å². The highest BCUT2D eigenvalue weighted by atomic mass is 35.5. The molecule has 1 heterocycles. The third-order valence-corrected chi connectivity index (χ3v) is 2.37. The summed E-state index contributed by atoms with van der Waals surface area (Å²) in [6, 6.07) is 11.1. The lowest BCUT2D eigenvalue weighted by Gasteiger charge is -2.04. The lowest BCUT2D eigenvalue weighted by Crippen LogP contribution is -2.21. The zero-order valence-corrected chi connectivity index (χ0v) is 12.4. The van der Waals surface area contributed by atoms with Gasteiger partial charge in [0.1, 0.15) is 5.75 Å². The summed E-state index contributed by atoms with van der Waals surface area (Å²) in [5, 5.41) is 0. The van der Waals surface area contributed by atoms with E-state index in [1.54, 1.807) is 19.4 Å². The minimum atomic E-state index is 0. The van der Waals surface area contributed by atoms with Crippen LogP contribution in [0.4, 0.5) is 5.69 Å². The van der Waals surface area contributed by atoms with E-state index in [1.165, 1.54) is 0 Å². The summed E-state index contributed by atoms with van der Waals surface area (Å²) in [5.74, 6) is 0.790. The lowest BCUT2D eigenvalue weighted by molar-refractivity contribution is 0.414. The predicted octanol–water partition coefficient (Wildman–Crippen LogP) is 2.51. The molecular weight excluding hydrogens is 299 g/mol. The molecule has 0 unspecified atom stereocenters. The number of benzene rings is 1. The van der Waals surface area contributed by atoms with E-state index in [9.17, 15) is 0 Å². The Hall–Kier alpha value is -1.98. The molecule has 0 amide bonds. The zero-order valence-electron chi connectivity index (χ0n) is 10.8. The van der Waals surface area contributed by atoms with Crippen molar-refractivity contribution < 1.29 is 4.74 Å². The Morgan fingerprint density at radius 1 is 1.15 bits per heavy atom. The van der Waals surface area contributed by atoms with Crippen LogP contribution in [0.25, 0.3) is 11.3 Å². The van der Waals surface area contributed by atoms with Gasteiger partial charge in [0.2, 0.25) is 0 Å². The van der Waals surface area contributed by atoms with E-state index in [0.717, 1.165) is 17.0 Å². The Morgan fingerprint density at radius 3 is 2.55 bits per heavy atom. The van der Waals surface area contributed by atoms with Crippen molar-refractivity contribution in [3.8, 4) is 17.0 Å². The van der Waals surface area contributed by atoms with Crippen LogP contribution in [0.15, 0.2) is 47.6 Å². The molecule has 0 aliphatic heterocycles. The third kappa shape index (κ3) is 4.60. The van der Waals surface area contributed by atoms with Crippen LogP contribution in [0.5, 0.6) is 5.75 Å².